The van der Waals surface area contributed by atoms with E-state index < -0.39 is 12.8 Å². The van der Waals surface area contributed by atoms with Crippen LogP contribution < -0.4 is 5.73 Å². The maximum Gasteiger partial charge on any atom is 0.411 e. The minimum Gasteiger partial charge on any atom is -0.368 e. The first-order valence-electron chi connectivity index (χ1n) is 4.91. The predicted molar refractivity (Wildman–Crippen MR) is 46.8 cm³/mol. The molecule has 1 aliphatic carbocycles. The van der Waals surface area contributed by atoms with Crippen molar-refractivity contribution in [1.82, 2.24) is 0 Å². The van der Waals surface area contributed by atoms with E-state index in [1.807, 2.05) is 0 Å². The van der Waals surface area contributed by atoms with Gasteiger partial charge in [0.25, 0.3) is 0 Å². The van der Waals surface area contributed by atoms with Crippen molar-refractivity contribution in [3.63, 3.8) is 0 Å². The van der Waals surface area contributed by atoms with Crippen LogP contribution in [0.5, 0.6) is 0 Å². The van der Waals surface area contributed by atoms with Crippen LogP contribution in [-0.4, -0.2) is 25.4 Å². The Morgan fingerprint density at radius 2 is 1.86 bits per heavy atom. The van der Waals surface area contributed by atoms with Crippen molar-refractivity contribution in [2.45, 2.75) is 38.0 Å². The molecule has 0 aromatic heterocycles. The summed E-state index contributed by atoms with van der Waals surface area (Å²) in [5.74, 6) is 0.103. The van der Waals surface area contributed by atoms with Gasteiger partial charge in [-0.1, -0.05) is 12.8 Å². The van der Waals surface area contributed by atoms with E-state index >= 15 is 0 Å². The number of ether oxygens (including phenoxy) is 1. The number of alkyl halides is 3. The first-order valence-corrected chi connectivity index (χ1v) is 4.91. The van der Waals surface area contributed by atoms with Crippen molar-refractivity contribution >= 4 is 0 Å². The van der Waals surface area contributed by atoms with Crippen molar-refractivity contribution in [3.8, 4) is 0 Å². The van der Waals surface area contributed by atoms with E-state index in [-0.39, 0.29) is 12.0 Å². The van der Waals surface area contributed by atoms with Gasteiger partial charge in [0.2, 0.25) is 0 Å². The summed E-state index contributed by atoms with van der Waals surface area (Å²) in [6.07, 6.45) is -0.935. The number of hydrogen-bond acceptors (Lipinski definition) is 2. The van der Waals surface area contributed by atoms with Crippen LogP contribution in [0.3, 0.4) is 0 Å². The molecule has 0 aromatic carbocycles. The molecule has 0 amide bonds. The molecule has 2 N–H and O–H groups in total. The molecule has 1 aliphatic rings. The molecule has 0 radical (unpaired) electrons. The van der Waals surface area contributed by atoms with Gasteiger partial charge in [0.15, 0.2) is 0 Å². The molecule has 0 saturated heterocycles. The van der Waals surface area contributed by atoms with Crippen molar-refractivity contribution in [2.75, 3.05) is 13.2 Å². The fourth-order valence-corrected chi connectivity index (χ4v) is 1.86. The van der Waals surface area contributed by atoms with Crippen LogP contribution in [0.2, 0.25) is 0 Å². The van der Waals surface area contributed by atoms with Crippen LogP contribution in [0.15, 0.2) is 0 Å². The molecule has 0 aliphatic heterocycles. The highest BCUT2D eigenvalue weighted by atomic mass is 19.4. The average Bonchev–Trinajstić information content (AvgIpc) is 2.14. The van der Waals surface area contributed by atoms with Crippen LogP contribution >= 0.6 is 0 Å². The standard InChI is InChI=1S/C9H16F3NO/c10-9(11,12)6-14-8-4-2-1-3-7(8)5-13/h7-8H,1-6,13H2/t7-,8-/m1/s1. The van der Waals surface area contributed by atoms with Gasteiger partial charge in [-0.05, 0) is 25.3 Å². The largest absolute Gasteiger partial charge is 0.411 e. The molecule has 1 rings (SSSR count). The summed E-state index contributed by atoms with van der Waals surface area (Å²) in [5, 5.41) is 0. The van der Waals surface area contributed by atoms with E-state index in [1.54, 1.807) is 0 Å². The number of hydrogen-bond donors (Lipinski definition) is 1. The van der Waals surface area contributed by atoms with Crippen LogP contribution in [0.25, 0.3) is 0 Å². The molecular weight excluding hydrogens is 195 g/mol. The Labute approximate surface area is 81.6 Å². The fourth-order valence-electron chi connectivity index (χ4n) is 1.86. The van der Waals surface area contributed by atoms with Gasteiger partial charge in [0.05, 0.1) is 6.10 Å². The molecule has 14 heavy (non-hydrogen) atoms. The van der Waals surface area contributed by atoms with Crippen LogP contribution in [-0.2, 0) is 4.74 Å². The zero-order valence-electron chi connectivity index (χ0n) is 8.02. The monoisotopic (exact) mass is 211 g/mol. The summed E-state index contributed by atoms with van der Waals surface area (Å²) >= 11 is 0. The third kappa shape index (κ3) is 3.84. The van der Waals surface area contributed by atoms with Crippen LogP contribution in [0, 0.1) is 5.92 Å². The number of nitrogens with two attached hydrogens (primary N) is 1. The Morgan fingerprint density at radius 1 is 1.21 bits per heavy atom. The fraction of sp³-hybridized carbons (Fsp3) is 1.00. The second-order valence-corrected chi connectivity index (χ2v) is 3.74. The van der Waals surface area contributed by atoms with Gasteiger partial charge in [-0.15, -0.1) is 0 Å². The lowest BCUT2D eigenvalue weighted by atomic mass is 9.86. The lowest BCUT2D eigenvalue weighted by Gasteiger charge is -2.30. The Kier molecular flexibility index (Phi) is 4.19. The van der Waals surface area contributed by atoms with Gasteiger partial charge in [0, 0.05) is 0 Å². The summed E-state index contributed by atoms with van der Waals surface area (Å²) in [5.41, 5.74) is 5.47. The summed E-state index contributed by atoms with van der Waals surface area (Å²) in [7, 11) is 0. The van der Waals surface area contributed by atoms with Gasteiger partial charge >= 0.3 is 6.18 Å². The molecule has 84 valence electrons. The molecule has 2 atom stereocenters. The lowest BCUT2D eigenvalue weighted by Crippen LogP contribution is -2.35. The number of rotatable bonds is 3. The molecule has 0 heterocycles. The van der Waals surface area contributed by atoms with Gasteiger partial charge in [-0.25, -0.2) is 0 Å². The SMILES string of the molecule is NC[C@H]1CCCC[C@H]1OCC(F)(F)F. The molecule has 1 fully saturated rings. The summed E-state index contributed by atoms with van der Waals surface area (Å²) in [6, 6.07) is 0. The van der Waals surface area contributed by atoms with Gasteiger partial charge < -0.3 is 10.5 Å². The molecule has 0 unspecified atom stereocenters. The highest BCUT2D eigenvalue weighted by Gasteiger charge is 2.32. The molecule has 0 bridgehead atoms. The zero-order chi connectivity index (χ0) is 10.6. The van der Waals surface area contributed by atoms with E-state index in [2.05, 4.69) is 0 Å². The molecule has 2 nitrogen and oxygen atoms in total. The predicted octanol–water partition coefficient (Wildman–Crippen LogP) is 2.08. The molecule has 5 heteroatoms. The normalized spacial score (nSPS) is 29.1. The Morgan fingerprint density at radius 3 is 2.43 bits per heavy atom. The summed E-state index contributed by atoms with van der Waals surface area (Å²) in [4.78, 5) is 0. The van der Waals surface area contributed by atoms with Gasteiger partial charge in [0.1, 0.15) is 6.61 Å². The third-order valence-electron chi connectivity index (χ3n) is 2.60. The van der Waals surface area contributed by atoms with E-state index in [0.29, 0.717) is 13.0 Å². The average molecular weight is 211 g/mol. The van der Waals surface area contributed by atoms with Crippen LogP contribution in [0.4, 0.5) is 13.2 Å². The minimum atomic E-state index is -4.23. The maximum absolute atomic E-state index is 11.9. The van der Waals surface area contributed by atoms with E-state index in [0.717, 1.165) is 19.3 Å². The second-order valence-electron chi connectivity index (χ2n) is 3.74. The summed E-state index contributed by atoms with van der Waals surface area (Å²) in [6.45, 7) is -0.726. The van der Waals surface area contributed by atoms with Gasteiger partial charge in [-0.2, -0.15) is 13.2 Å². The minimum absolute atomic E-state index is 0.103. The van der Waals surface area contributed by atoms with Crippen molar-refractivity contribution < 1.29 is 17.9 Å². The third-order valence-corrected chi connectivity index (χ3v) is 2.60. The topological polar surface area (TPSA) is 35.2 Å². The Bertz CT molecular complexity index is 172. The second kappa shape index (κ2) is 4.98. The molecular formula is C9H16F3NO. The lowest BCUT2D eigenvalue weighted by molar-refractivity contribution is -0.192. The first kappa shape index (κ1) is 11.8. The number of halogens is 3. The van der Waals surface area contributed by atoms with E-state index in [4.69, 9.17) is 10.5 Å². The molecule has 1 saturated carbocycles. The molecule has 0 spiro atoms. The van der Waals surface area contributed by atoms with Gasteiger partial charge in [-0.3, -0.25) is 0 Å². The molecule has 0 aromatic rings. The highest BCUT2D eigenvalue weighted by molar-refractivity contribution is 4.76. The van der Waals surface area contributed by atoms with Crippen molar-refractivity contribution in [2.24, 2.45) is 11.7 Å². The summed E-state index contributed by atoms with van der Waals surface area (Å²) < 4.78 is 40.5. The van der Waals surface area contributed by atoms with Crippen molar-refractivity contribution in [1.29, 1.82) is 0 Å². The Balaban J connectivity index is 2.33. The quantitative estimate of drug-likeness (QED) is 0.775. The van der Waals surface area contributed by atoms with E-state index in [1.165, 1.54) is 0 Å². The van der Waals surface area contributed by atoms with E-state index in [9.17, 15) is 13.2 Å². The maximum atomic E-state index is 11.9. The highest BCUT2D eigenvalue weighted by Crippen LogP contribution is 2.27. The van der Waals surface area contributed by atoms with Crippen LogP contribution in [0.1, 0.15) is 25.7 Å². The first-order chi connectivity index (χ1) is 6.53. The zero-order valence-corrected chi connectivity index (χ0v) is 8.02. The van der Waals surface area contributed by atoms with Crippen molar-refractivity contribution in [3.05, 3.63) is 0 Å². The smallest absolute Gasteiger partial charge is 0.368 e. The Hall–Kier alpha value is -0.290.